The molecule has 2 atom stereocenters. The van der Waals surface area contributed by atoms with Crippen LogP contribution in [0.2, 0.25) is 0 Å². The summed E-state index contributed by atoms with van der Waals surface area (Å²) in [7, 11) is 0. The van der Waals surface area contributed by atoms with Crippen molar-refractivity contribution in [1.82, 2.24) is 10.1 Å². The first-order chi connectivity index (χ1) is 8.04. The van der Waals surface area contributed by atoms with Gasteiger partial charge in [-0.15, -0.1) is 0 Å². The molecule has 0 aliphatic heterocycles. The van der Waals surface area contributed by atoms with Gasteiger partial charge in [0.05, 0.1) is 6.04 Å². The molecule has 1 aromatic rings. The van der Waals surface area contributed by atoms with E-state index in [1.807, 2.05) is 0 Å². The predicted molar refractivity (Wildman–Crippen MR) is 66.5 cm³/mol. The first-order valence-corrected chi connectivity index (χ1v) is 6.63. The minimum Gasteiger partial charge on any atom is -0.339 e. The van der Waals surface area contributed by atoms with Gasteiger partial charge in [0, 0.05) is 5.92 Å². The molecule has 1 aromatic heterocycles. The van der Waals surface area contributed by atoms with Gasteiger partial charge in [0.1, 0.15) is 0 Å². The average molecular weight is 237 g/mol. The molecule has 2 rings (SSSR count). The van der Waals surface area contributed by atoms with E-state index in [4.69, 9.17) is 10.3 Å². The smallest absolute Gasteiger partial charge is 0.230 e. The van der Waals surface area contributed by atoms with Crippen LogP contribution in [0.3, 0.4) is 0 Å². The Morgan fingerprint density at radius 2 is 2.29 bits per heavy atom. The van der Waals surface area contributed by atoms with Gasteiger partial charge < -0.3 is 10.3 Å². The van der Waals surface area contributed by atoms with Gasteiger partial charge in [0.25, 0.3) is 0 Å². The second kappa shape index (κ2) is 4.77. The second-order valence-corrected chi connectivity index (χ2v) is 5.82. The maximum Gasteiger partial charge on any atom is 0.230 e. The van der Waals surface area contributed by atoms with Crippen LogP contribution in [0.1, 0.15) is 76.6 Å². The molecule has 2 N–H and O–H groups in total. The summed E-state index contributed by atoms with van der Waals surface area (Å²) in [4.78, 5) is 4.50. The van der Waals surface area contributed by atoms with Crippen LogP contribution in [0.4, 0.5) is 0 Å². The maximum atomic E-state index is 6.00. The van der Waals surface area contributed by atoms with Gasteiger partial charge in [-0.25, -0.2) is 0 Å². The Balaban J connectivity index is 2.13. The summed E-state index contributed by atoms with van der Waals surface area (Å²) < 4.78 is 5.41. The van der Waals surface area contributed by atoms with E-state index >= 15 is 0 Å². The number of hydrogen-bond acceptors (Lipinski definition) is 4. The number of nitrogens with zero attached hydrogens (tertiary/aromatic N) is 2. The van der Waals surface area contributed by atoms with E-state index in [0.29, 0.717) is 11.7 Å². The molecule has 0 radical (unpaired) electrons. The fourth-order valence-electron chi connectivity index (χ4n) is 2.76. The van der Waals surface area contributed by atoms with Crippen LogP contribution in [0.5, 0.6) is 0 Å². The number of nitrogens with two attached hydrogens (primary N) is 1. The zero-order valence-corrected chi connectivity index (χ0v) is 11.1. The summed E-state index contributed by atoms with van der Waals surface area (Å²) >= 11 is 0. The lowest BCUT2D eigenvalue weighted by Crippen LogP contribution is -2.16. The van der Waals surface area contributed by atoms with E-state index in [2.05, 4.69) is 30.9 Å². The monoisotopic (exact) mass is 237 g/mol. The summed E-state index contributed by atoms with van der Waals surface area (Å²) in [6, 6.07) is -0.0815. The topological polar surface area (TPSA) is 64.9 Å². The molecular weight excluding hydrogens is 214 g/mol. The van der Waals surface area contributed by atoms with Crippen LogP contribution in [0, 0.1) is 5.41 Å². The first-order valence-electron chi connectivity index (χ1n) is 6.63. The quantitative estimate of drug-likeness (QED) is 0.873. The van der Waals surface area contributed by atoms with Crippen molar-refractivity contribution in [3.63, 3.8) is 0 Å². The Morgan fingerprint density at radius 3 is 2.88 bits per heavy atom. The van der Waals surface area contributed by atoms with Crippen LogP contribution >= 0.6 is 0 Å². The van der Waals surface area contributed by atoms with E-state index in [0.717, 1.165) is 25.2 Å². The molecule has 2 unspecified atom stereocenters. The highest BCUT2D eigenvalue weighted by Gasteiger charge is 2.39. The molecule has 0 aromatic carbocycles. The molecule has 1 aliphatic carbocycles. The largest absolute Gasteiger partial charge is 0.339 e. The Labute approximate surface area is 103 Å². The van der Waals surface area contributed by atoms with Crippen LogP contribution in [-0.4, -0.2) is 10.1 Å². The zero-order chi connectivity index (χ0) is 12.5. The fourth-order valence-corrected chi connectivity index (χ4v) is 2.76. The minimum absolute atomic E-state index is 0.0815. The summed E-state index contributed by atoms with van der Waals surface area (Å²) in [5, 5.41) is 4.03. The maximum absolute atomic E-state index is 6.00. The summed E-state index contributed by atoms with van der Waals surface area (Å²) in [5.41, 5.74) is 6.28. The molecule has 0 saturated heterocycles. The highest BCUT2D eigenvalue weighted by molar-refractivity contribution is 5.05. The van der Waals surface area contributed by atoms with Crippen molar-refractivity contribution in [3.05, 3.63) is 11.7 Å². The van der Waals surface area contributed by atoms with Gasteiger partial charge in [-0.3, -0.25) is 0 Å². The van der Waals surface area contributed by atoms with E-state index < -0.39 is 0 Å². The van der Waals surface area contributed by atoms with Crippen molar-refractivity contribution in [2.24, 2.45) is 11.1 Å². The van der Waals surface area contributed by atoms with Gasteiger partial charge >= 0.3 is 0 Å². The molecule has 1 saturated carbocycles. The molecule has 17 heavy (non-hydrogen) atoms. The molecule has 1 fully saturated rings. The lowest BCUT2D eigenvalue weighted by Gasteiger charge is -2.23. The normalized spacial score (nSPS) is 25.1. The molecule has 4 heteroatoms. The first kappa shape index (κ1) is 12.6. The third-order valence-electron chi connectivity index (χ3n) is 3.94. The zero-order valence-electron chi connectivity index (χ0n) is 11.1. The van der Waals surface area contributed by atoms with Crippen molar-refractivity contribution in [2.75, 3.05) is 0 Å². The predicted octanol–water partition coefficient (Wildman–Crippen LogP) is 3.16. The van der Waals surface area contributed by atoms with Gasteiger partial charge in [0.15, 0.2) is 5.82 Å². The third-order valence-corrected chi connectivity index (χ3v) is 3.94. The number of rotatable bonds is 4. The summed E-state index contributed by atoms with van der Waals surface area (Å²) in [6.07, 6.45) is 5.58. The molecule has 0 spiro atoms. The third kappa shape index (κ3) is 2.51. The minimum atomic E-state index is -0.0815. The molecule has 0 bridgehead atoms. The molecule has 0 amide bonds. The average Bonchev–Trinajstić information content (AvgIpc) is 2.84. The van der Waals surface area contributed by atoms with Gasteiger partial charge in [-0.1, -0.05) is 38.8 Å². The van der Waals surface area contributed by atoms with E-state index in [-0.39, 0.29) is 11.5 Å². The van der Waals surface area contributed by atoms with E-state index in [9.17, 15) is 0 Å². The Hall–Kier alpha value is -0.900. The van der Waals surface area contributed by atoms with Crippen molar-refractivity contribution in [2.45, 2.75) is 64.8 Å². The lowest BCUT2D eigenvalue weighted by molar-refractivity contribution is 0.260. The fraction of sp³-hybridized carbons (Fsp3) is 0.846. The standard InChI is InChI=1S/C13H23N3O/c1-4-6-10(14)11-15-12(17-16-11)9-7-5-8-13(9,2)3/h9-10H,4-8,14H2,1-3H3. The highest BCUT2D eigenvalue weighted by atomic mass is 16.5. The second-order valence-electron chi connectivity index (χ2n) is 5.82. The Kier molecular flexibility index (Phi) is 3.52. The van der Waals surface area contributed by atoms with Crippen LogP contribution < -0.4 is 5.73 Å². The van der Waals surface area contributed by atoms with Crippen molar-refractivity contribution in [1.29, 1.82) is 0 Å². The summed E-state index contributed by atoms with van der Waals surface area (Å²) in [5.74, 6) is 1.86. The molecule has 96 valence electrons. The van der Waals surface area contributed by atoms with Crippen molar-refractivity contribution >= 4 is 0 Å². The van der Waals surface area contributed by atoms with Crippen LogP contribution in [0.25, 0.3) is 0 Å². The Morgan fingerprint density at radius 1 is 1.53 bits per heavy atom. The van der Waals surface area contributed by atoms with Crippen molar-refractivity contribution in [3.8, 4) is 0 Å². The van der Waals surface area contributed by atoms with Gasteiger partial charge in [0.2, 0.25) is 5.89 Å². The van der Waals surface area contributed by atoms with E-state index in [1.165, 1.54) is 12.8 Å². The Bertz CT molecular complexity index is 372. The number of aromatic nitrogens is 2. The van der Waals surface area contributed by atoms with Crippen molar-refractivity contribution < 1.29 is 4.52 Å². The molecule has 1 aliphatic rings. The summed E-state index contributed by atoms with van der Waals surface area (Å²) in [6.45, 7) is 6.67. The number of hydrogen-bond donors (Lipinski definition) is 1. The highest BCUT2D eigenvalue weighted by Crippen LogP contribution is 2.48. The van der Waals surface area contributed by atoms with Gasteiger partial charge in [-0.2, -0.15) is 4.98 Å². The van der Waals surface area contributed by atoms with Gasteiger partial charge in [-0.05, 0) is 24.7 Å². The molecule has 1 heterocycles. The van der Waals surface area contributed by atoms with Crippen LogP contribution in [0.15, 0.2) is 4.52 Å². The SMILES string of the molecule is CCCC(N)c1noc(C2CCCC2(C)C)n1. The molecular formula is C13H23N3O. The van der Waals surface area contributed by atoms with Crippen LogP contribution in [-0.2, 0) is 0 Å². The molecule has 4 nitrogen and oxygen atoms in total. The van der Waals surface area contributed by atoms with E-state index in [1.54, 1.807) is 0 Å². The lowest BCUT2D eigenvalue weighted by atomic mass is 9.82.